The van der Waals surface area contributed by atoms with Crippen LogP contribution in [0.4, 0.5) is 17.3 Å². The molecule has 13 nitrogen and oxygen atoms in total. The van der Waals surface area contributed by atoms with Gasteiger partial charge in [0.15, 0.2) is 28.9 Å². The van der Waals surface area contributed by atoms with Crippen molar-refractivity contribution in [2.45, 2.75) is 38.6 Å². The minimum atomic E-state index is -2.19. The molecule has 1 saturated heterocycles. The highest BCUT2D eigenvalue weighted by atomic mass is 16.5. The van der Waals surface area contributed by atoms with Gasteiger partial charge in [0.25, 0.3) is 11.8 Å². The van der Waals surface area contributed by atoms with Crippen LogP contribution in [0, 0.1) is 0 Å². The zero-order valence-corrected chi connectivity index (χ0v) is 21.0. The van der Waals surface area contributed by atoms with Gasteiger partial charge in [-0.15, -0.1) is 5.10 Å². The van der Waals surface area contributed by atoms with Gasteiger partial charge in [0.1, 0.15) is 0 Å². The Labute approximate surface area is 217 Å². The average molecular weight is 522 g/mol. The van der Waals surface area contributed by atoms with E-state index in [1.807, 2.05) is 13.8 Å². The Hall–Kier alpha value is -4.49. The van der Waals surface area contributed by atoms with E-state index in [0.29, 0.717) is 34.0 Å². The Kier molecular flexibility index (Phi) is 6.46. The number of nitrogens with zero attached hydrogens (tertiary/aromatic N) is 5. The Morgan fingerprint density at radius 3 is 2.89 bits per heavy atom. The topological polar surface area (TPSA) is 171 Å². The van der Waals surface area contributed by atoms with Crippen molar-refractivity contribution in [2.24, 2.45) is 0 Å². The second-order valence-electron chi connectivity index (χ2n) is 9.26. The van der Waals surface area contributed by atoms with E-state index in [0.717, 1.165) is 0 Å². The lowest BCUT2D eigenvalue weighted by Crippen LogP contribution is -2.61. The number of aromatic nitrogens is 4. The van der Waals surface area contributed by atoms with Gasteiger partial charge in [-0.25, -0.2) is 9.67 Å². The molecule has 13 heteroatoms. The van der Waals surface area contributed by atoms with Crippen molar-refractivity contribution in [1.29, 1.82) is 0 Å². The SMILES string of the molecule is CC(C)Oc1cc(-n2ccc(N3CCO[C@H](C(C)(O)C(=O)Nc4ccc5c(N)noc5c4)C3=O)n2)ccn1. The summed E-state index contributed by atoms with van der Waals surface area (Å²) in [5.41, 5.74) is 4.92. The van der Waals surface area contributed by atoms with Gasteiger partial charge < -0.3 is 30.2 Å². The van der Waals surface area contributed by atoms with Crippen molar-refractivity contribution in [3.05, 3.63) is 48.8 Å². The fraction of sp³-hybridized carbons (Fsp3) is 0.320. The number of aliphatic hydroxyl groups is 1. The summed E-state index contributed by atoms with van der Waals surface area (Å²) in [6.07, 6.45) is 1.80. The molecule has 3 aromatic heterocycles. The number of carbonyl (C=O) groups excluding carboxylic acids is 2. The van der Waals surface area contributed by atoms with Gasteiger partial charge in [-0.05, 0) is 39.0 Å². The quantitative estimate of drug-likeness (QED) is 0.326. The van der Waals surface area contributed by atoms with Gasteiger partial charge in [0.05, 0.1) is 30.3 Å². The minimum absolute atomic E-state index is 0.0392. The zero-order valence-electron chi connectivity index (χ0n) is 21.0. The van der Waals surface area contributed by atoms with Crippen LogP contribution >= 0.6 is 0 Å². The lowest BCUT2D eigenvalue weighted by molar-refractivity contribution is -0.165. The molecule has 0 bridgehead atoms. The van der Waals surface area contributed by atoms with Crippen LogP contribution in [0.3, 0.4) is 0 Å². The predicted molar refractivity (Wildman–Crippen MR) is 137 cm³/mol. The molecule has 198 valence electrons. The Bertz CT molecular complexity index is 1490. The third-order valence-electron chi connectivity index (χ3n) is 6.01. The first kappa shape index (κ1) is 25.2. The zero-order chi connectivity index (χ0) is 27.0. The highest BCUT2D eigenvalue weighted by Gasteiger charge is 2.49. The summed E-state index contributed by atoms with van der Waals surface area (Å²) in [5.74, 6) is -0.411. The summed E-state index contributed by atoms with van der Waals surface area (Å²) in [5, 5.41) is 22.5. The molecule has 38 heavy (non-hydrogen) atoms. The number of nitrogens with two attached hydrogens (primary N) is 1. The fourth-order valence-corrected chi connectivity index (χ4v) is 4.08. The van der Waals surface area contributed by atoms with E-state index in [9.17, 15) is 14.7 Å². The first-order valence-corrected chi connectivity index (χ1v) is 11.9. The molecule has 2 atom stereocenters. The monoisotopic (exact) mass is 521 g/mol. The molecule has 4 aromatic rings. The standard InChI is InChI=1S/C25H27N7O6/c1-14(2)37-20-13-16(6-8-27-20)32-9-7-19(29-32)31-10-11-36-21(23(31)33)25(3,35)24(34)28-15-4-5-17-18(12-15)38-30-22(17)26/h4-9,12-14,21,35H,10-11H2,1-3H3,(H2,26,30)(H,28,34)/t21-,25?/m0/s1. The molecule has 1 aliphatic rings. The van der Waals surface area contributed by atoms with E-state index >= 15 is 0 Å². The number of ether oxygens (including phenoxy) is 2. The number of hydrogen-bond donors (Lipinski definition) is 3. The van der Waals surface area contributed by atoms with Gasteiger partial charge in [-0.1, -0.05) is 5.16 Å². The number of fused-ring (bicyclic) bond motifs is 1. The largest absolute Gasteiger partial charge is 0.475 e. The Morgan fingerprint density at radius 2 is 2.11 bits per heavy atom. The number of anilines is 3. The van der Waals surface area contributed by atoms with Gasteiger partial charge in [0.2, 0.25) is 5.88 Å². The van der Waals surface area contributed by atoms with Crippen LogP contribution in [-0.2, 0) is 14.3 Å². The number of amides is 2. The molecule has 4 N–H and O–H groups in total. The van der Waals surface area contributed by atoms with Crippen molar-refractivity contribution in [3.63, 3.8) is 0 Å². The highest BCUT2D eigenvalue weighted by molar-refractivity contribution is 6.06. The van der Waals surface area contributed by atoms with E-state index in [2.05, 4.69) is 20.6 Å². The molecule has 0 radical (unpaired) electrons. The molecule has 0 aliphatic carbocycles. The van der Waals surface area contributed by atoms with Crippen LogP contribution in [0.5, 0.6) is 5.88 Å². The summed E-state index contributed by atoms with van der Waals surface area (Å²) in [4.78, 5) is 32.0. The van der Waals surface area contributed by atoms with Crippen LogP contribution in [0.15, 0.2) is 53.3 Å². The maximum Gasteiger partial charge on any atom is 0.260 e. The Balaban J connectivity index is 1.32. The van der Waals surface area contributed by atoms with E-state index in [-0.39, 0.29) is 25.1 Å². The van der Waals surface area contributed by atoms with Gasteiger partial charge in [0, 0.05) is 36.3 Å². The number of benzene rings is 1. The number of rotatable bonds is 7. The molecule has 5 rings (SSSR count). The average Bonchev–Trinajstić information content (AvgIpc) is 3.51. The van der Waals surface area contributed by atoms with E-state index in [1.165, 1.54) is 17.9 Å². The van der Waals surface area contributed by atoms with Crippen LogP contribution in [0.2, 0.25) is 0 Å². The highest BCUT2D eigenvalue weighted by Crippen LogP contribution is 2.28. The molecule has 1 fully saturated rings. The third kappa shape index (κ3) is 4.76. The molecule has 2 amide bonds. The second kappa shape index (κ2) is 9.76. The van der Waals surface area contributed by atoms with Crippen molar-refractivity contribution < 1.29 is 28.7 Å². The first-order chi connectivity index (χ1) is 18.1. The normalized spacial score (nSPS) is 17.6. The van der Waals surface area contributed by atoms with Gasteiger partial charge >= 0.3 is 0 Å². The Morgan fingerprint density at radius 1 is 1.29 bits per heavy atom. The minimum Gasteiger partial charge on any atom is -0.475 e. The number of morpholine rings is 1. The van der Waals surface area contributed by atoms with Gasteiger partial charge in [-0.2, -0.15) is 0 Å². The molecule has 4 heterocycles. The molecular formula is C25H27N7O6. The summed E-state index contributed by atoms with van der Waals surface area (Å²) >= 11 is 0. The number of pyridine rings is 1. The summed E-state index contributed by atoms with van der Waals surface area (Å²) < 4.78 is 17.9. The molecule has 1 aromatic carbocycles. The van der Waals surface area contributed by atoms with Crippen molar-refractivity contribution in [3.8, 4) is 11.6 Å². The smallest absolute Gasteiger partial charge is 0.260 e. The predicted octanol–water partition coefficient (Wildman–Crippen LogP) is 1.90. The molecule has 1 unspecified atom stereocenters. The lowest BCUT2D eigenvalue weighted by Gasteiger charge is -2.37. The van der Waals surface area contributed by atoms with Crippen molar-refractivity contribution >= 4 is 40.1 Å². The number of nitrogens with one attached hydrogen (secondary N) is 1. The van der Waals surface area contributed by atoms with E-state index in [4.69, 9.17) is 19.7 Å². The van der Waals surface area contributed by atoms with Crippen LogP contribution < -0.4 is 20.7 Å². The molecule has 0 spiro atoms. The van der Waals surface area contributed by atoms with Crippen molar-refractivity contribution in [2.75, 3.05) is 29.1 Å². The first-order valence-electron chi connectivity index (χ1n) is 11.9. The van der Waals surface area contributed by atoms with E-state index in [1.54, 1.807) is 47.4 Å². The number of nitrogen functional groups attached to an aromatic ring is 1. The third-order valence-corrected chi connectivity index (χ3v) is 6.01. The summed E-state index contributed by atoms with van der Waals surface area (Å²) in [7, 11) is 0. The van der Waals surface area contributed by atoms with Gasteiger partial charge in [-0.3, -0.25) is 14.5 Å². The second-order valence-corrected chi connectivity index (χ2v) is 9.26. The van der Waals surface area contributed by atoms with E-state index < -0.39 is 23.5 Å². The molecule has 1 aliphatic heterocycles. The maximum atomic E-state index is 13.4. The molecule has 0 saturated carbocycles. The summed E-state index contributed by atoms with van der Waals surface area (Å²) in [6, 6.07) is 9.89. The lowest BCUT2D eigenvalue weighted by atomic mass is 9.95. The number of hydrogen-bond acceptors (Lipinski definition) is 10. The maximum absolute atomic E-state index is 13.4. The van der Waals surface area contributed by atoms with Crippen LogP contribution in [0.25, 0.3) is 16.7 Å². The van der Waals surface area contributed by atoms with Crippen LogP contribution in [-0.4, -0.2) is 67.8 Å². The fourth-order valence-electron chi connectivity index (χ4n) is 4.08. The molecular weight excluding hydrogens is 494 g/mol. The van der Waals surface area contributed by atoms with Crippen LogP contribution in [0.1, 0.15) is 20.8 Å². The summed E-state index contributed by atoms with van der Waals surface area (Å²) in [6.45, 7) is 5.33. The number of carbonyl (C=O) groups is 2. The van der Waals surface area contributed by atoms with Crippen molar-refractivity contribution in [1.82, 2.24) is 19.9 Å².